The molecule has 0 heterocycles. The monoisotopic (exact) mass is 414 g/mol. The highest BCUT2D eigenvalue weighted by molar-refractivity contribution is 5.66. The van der Waals surface area contributed by atoms with Crippen molar-refractivity contribution in [3.05, 3.63) is 33.0 Å². The van der Waals surface area contributed by atoms with E-state index < -0.39 is 0 Å². The van der Waals surface area contributed by atoms with Gasteiger partial charge in [0.05, 0.1) is 0 Å². The Morgan fingerprint density at radius 3 is 2.50 bits per heavy atom. The Labute approximate surface area is 178 Å². The summed E-state index contributed by atoms with van der Waals surface area (Å²) in [6.45, 7) is 11.4. The van der Waals surface area contributed by atoms with Gasteiger partial charge in [0.25, 0.3) is 0 Å². The minimum atomic E-state index is -0.259. The molecule has 164 valence electrons. The first-order chi connectivity index (χ1) is 14.3. The summed E-state index contributed by atoms with van der Waals surface area (Å²) in [6.07, 6.45) is 6.64. The summed E-state index contributed by atoms with van der Waals surface area (Å²) < 4.78 is 5.52. The van der Waals surface area contributed by atoms with Crippen molar-refractivity contribution in [2.45, 2.75) is 71.8 Å². The van der Waals surface area contributed by atoms with E-state index in [0.29, 0.717) is 37.3 Å². The number of fused-ring (bicyclic) bond motifs is 1. The van der Waals surface area contributed by atoms with Crippen LogP contribution in [0.25, 0.3) is 20.9 Å². The predicted molar refractivity (Wildman–Crippen MR) is 115 cm³/mol. The van der Waals surface area contributed by atoms with Gasteiger partial charge in [-0.25, -0.2) is 0 Å². The zero-order valence-corrected chi connectivity index (χ0v) is 18.5. The van der Waals surface area contributed by atoms with E-state index in [1.165, 1.54) is 12.5 Å². The number of nitrogens with zero attached hydrogens (tertiary/aromatic N) is 6. The van der Waals surface area contributed by atoms with Crippen molar-refractivity contribution >= 4 is 5.97 Å². The first kappa shape index (κ1) is 22.5. The van der Waals surface area contributed by atoms with E-state index in [1.807, 2.05) is 0 Å². The van der Waals surface area contributed by atoms with Crippen molar-refractivity contribution in [3.63, 3.8) is 0 Å². The van der Waals surface area contributed by atoms with E-state index in [4.69, 9.17) is 15.8 Å². The van der Waals surface area contributed by atoms with Crippen molar-refractivity contribution in [1.29, 1.82) is 0 Å². The highest BCUT2D eigenvalue weighted by Crippen LogP contribution is 2.63. The van der Waals surface area contributed by atoms with Crippen LogP contribution >= 0.6 is 0 Å². The molecule has 0 bridgehead atoms. The number of ether oxygens (including phenoxy) is 1. The molecule has 0 aliphatic heterocycles. The molecule has 0 amide bonds. The standard InChI is InChI=1S/C22H34N6O2/c1-14-5-6-19-18(13-26-28-24)20(8-10-21(14,19)3)22(4)9-7-17(30-15(2)29)11-16(22)12-25-27-23/h16-20H,1,5-13H2,2-4H3/t16-,17+,18+,19+,20+,21-,22+/m1/s1. The largest absolute Gasteiger partial charge is 0.463 e. The van der Waals surface area contributed by atoms with Crippen LogP contribution in [0.3, 0.4) is 0 Å². The van der Waals surface area contributed by atoms with Crippen molar-refractivity contribution in [2.75, 3.05) is 13.1 Å². The Bertz CT molecular complexity index is 786. The van der Waals surface area contributed by atoms with Crippen molar-refractivity contribution in [3.8, 4) is 0 Å². The van der Waals surface area contributed by atoms with Crippen LogP contribution in [0.4, 0.5) is 0 Å². The summed E-state index contributed by atoms with van der Waals surface area (Å²) >= 11 is 0. The molecule has 0 unspecified atom stereocenters. The normalized spacial score (nSPS) is 40.6. The van der Waals surface area contributed by atoms with Gasteiger partial charge >= 0.3 is 5.97 Å². The van der Waals surface area contributed by atoms with Gasteiger partial charge < -0.3 is 4.74 Å². The number of esters is 1. The van der Waals surface area contributed by atoms with Gasteiger partial charge in [-0.2, -0.15) is 0 Å². The maximum absolute atomic E-state index is 11.5. The Kier molecular flexibility index (Phi) is 6.68. The minimum absolute atomic E-state index is 0.0499. The van der Waals surface area contributed by atoms with Crippen molar-refractivity contribution < 1.29 is 9.53 Å². The average molecular weight is 415 g/mol. The van der Waals surface area contributed by atoms with Gasteiger partial charge in [-0.05, 0) is 90.5 Å². The number of rotatable bonds is 6. The zero-order valence-electron chi connectivity index (χ0n) is 18.5. The molecule has 3 aliphatic rings. The molecule has 0 aromatic heterocycles. The first-order valence-corrected chi connectivity index (χ1v) is 11.1. The molecular weight excluding hydrogens is 380 g/mol. The summed E-state index contributed by atoms with van der Waals surface area (Å²) in [4.78, 5) is 17.6. The fourth-order valence-electron chi connectivity index (χ4n) is 7.03. The lowest BCUT2D eigenvalue weighted by Gasteiger charge is -2.56. The quantitative estimate of drug-likeness (QED) is 0.165. The minimum Gasteiger partial charge on any atom is -0.463 e. The van der Waals surface area contributed by atoms with Crippen LogP contribution in [0.2, 0.25) is 0 Å². The lowest BCUT2D eigenvalue weighted by atomic mass is 9.49. The Morgan fingerprint density at radius 2 is 1.83 bits per heavy atom. The molecule has 7 atom stereocenters. The molecule has 8 heteroatoms. The van der Waals surface area contributed by atoms with Crippen LogP contribution in [-0.4, -0.2) is 25.2 Å². The van der Waals surface area contributed by atoms with Gasteiger partial charge in [-0.15, -0.1) is 0 Å². The molecule has 0 N–H and O–H groups in total. The number of carbonyl (C=O) groups is 1. The summed E-state index contributed by atoms with van der Waals surface area (Å²) in [7, 11) is 0. The highest BCUT2D eigenvalue weighted by atomic mass is 16.5. The van der Waals surface area contributed by atoms with Gasteiger partial charge in [-0.3, -0.25) is 4.79 Å². The molecule has 3 fully saturated rings. The van der Waals surface area contributed by atoms with Crippen LogP contribution in [0, 0.1) is 34.5 Å². The van der Waals surface area contributed by atoms with E-state index >= 15 is 0 Å². The topological polar surface area (TPSA) is 124 Å². The molecule has 0 saturated heterocycles. The van der Waals surface area contributed by atoms with Crippen LogP contribution < -0.4 is 0 Å². The molecule has 3 rings (SSSR count). The summed E-state index contributed by atoms with van der Waals surface area (Å²) in [5, 5.41) is 7.95. The van der Waals surface area contributed by atoms with Crippen LogP contribution in [0.15, 0.2) is 22.4 Å². The van der Waals surface area contributed by atoms with Crippen LogP contribution in [-0.2, 0) is 9.53 Å². The smallest absolute Gasteiger partial charge is 0.302 e. The summed E-state index contributed by atoms with van der Waals surface area (Å²) in [6, 6.07) is 0. The Hall–Kier alpha value is -2.17. The Morgan fingerprint density at radius 1 is 1.13 bits per heavy atom. The van der Waals surface area contributed by atoms with E-state index in [2.05, 4.69) is 40.5 Å². The second-order valence-corrected chi connectivity index (χ2v) is 10.0. The van der Waals surface area contributed by atoms with Crippen LogP contribution in [0.1, 0.15) is 65.7 Å². The van der Waals surface area contributed by atoms with Gasteiger partial charge in [0.2, 0.25) is 0 Å². The lowest BCUT2D eigenvalue weighted by molar-refractivity contribution is -0.153. The van der Waals surface area contributed by atoms with Gasteiger partial charge in [0.1, 0.15) is 6.10 Å². The number of carbonyl (C=O) groups excluding carboxylic acids is 1. The number of hydrogen-bond acceptors (Lipinski definition) is 4. The predicted octanol–water partition coefficient (Wildman–Crippen LogP) is 6.34. The van der Waals surface area contributed by atoms with E-state index in [0.717, 1.165) is 38.5 Å². The molecule has 3 aliphatic carbocycles. The van der Waals surface area contributed by atoms with Crippen molar-refractivity contribution in [2.24, 2.45) is 44.7 Å². The molecule has 3 saturated carbocycles. The van der Waals surface area contributed by atoms with Crippen LogP contribution in [0.5, 0.6) is 0 Å². The molecule has 0 radical (unpaired) electrons. The third-order valence-corrected chi connectivity index (χ3v) is 8.78. The molecule has 0 spiro atoms. The maximum atomic E-state index is 11.5. The van der Waals surface area contributed by atoms with E-state index in [1.54, 1.807) is 0 Å². The molecule has 0 aromatic rings. The van der Waals surface area contributed by atoms with Crippen molar-refractivity contribution in [1.82, 2.24) is 0 Å². The highest BCUT2D eigenvalue weighted by Gasteiger charge is 2.56. The third kappa shape index (κ3) is 4.03. The fraction of sp³-hybridized carbons (Fsp3) is 0.864. The maximum Gasteiger partial charge on any atom is 0.302 e. The second kappa shape index (κ2) is 8.91. The van der Waals surface area contributed by atoms with Gasteiger partial charge in [0.15, 0.2) is 0 Å². The number of azide groups is 2. The second-order valence-electron chi connectivity index (χ2n) is 10.0. The van der Waals surface area contributed by atoms with Gasteiger partial charge in [-0.1, -0.05) is 36.2 Å². The van der Waals surface area contributed by atoms with Gasteiger partial charge in [0, 0.05) is 29.8 Å². The van der Waals surface area contributed by atoms with E-state index in [9.17, 15) is 4.79 Å². The zero-order chi connectivity index (χ0) is 21.9. The number of allylic oxidation sites excluding steroid dienone is 1. The molecule has 0 aromatic carbocycles. The summed E-state index contributed by atoms with van der Waals surface area (Å²) in [5.41, 5.74) is 19.4. The molecular formula is C22H34N6O2. The average Bonchev–Trinajstić information content (AvgIpc) is 3.01. The molecule has 30 heavy (non-hydrogen) atoms. The lowest BCUT2D eigenvalue weighted by Crippen LogP contribution is -2.52. The molecule has 8 nitrogen and oxygen atoms in total. The first-order valence-electron chi connectivity index (χ1n) is 11.1. The fourth-order valence-corrected chi connectivity index (χ4v) is 7.03. The summed E-state index contributed by atoms with van der Waals surface area (Å²) in [5.74, 6) is 1.02. The van der Waals surface area contributed by atoms with E-state index in [-0.39, 0.29) is 28.8 Å². The third-order valence-electron chi connectivity index (χ3n) is 8.78. The Balaban J connectivity index is 1.92. The number of hydrogen-bond donors (Lipinski definition) is 0. The SMILES string of the molecule is C=C1CC[C@H]2[C@H](CN=[N+]=[N-])[C@@H]([C@@]3(C)CC[C@H](OC(C)=O)C[C@@H]3CN=[N+]=[N-])CC[C@]12C.